The number of methoxy groups -OCH3 is 1. The van der Waals surface area contributed by atoms with Gasteiger partial charge in [-0.05, 0) is 12.1 Å². The number of benzene rings is 1. The summed E-state index contributed by atoms with van der Waals surface area (Å²) >= 11 is 9.31. The molecule has 3 atom stereocenters. The molecular weight excluding hydrogens is 298 g/mol. The standard InChI is InChI=1S/C11H11BrClFO2/c1-15-10-6(12)5-9(10)16-11-7(13)3-2-4-8(11)14/h2-4,6,9-10H,5H2,1H3. The molecule has 0 amide bonds. The smallest absolute Gasteiger partial charge is 0.174 e. The summed E-state index contributed by atoms with van der Waals surface area (Å²) in [5.74, 6) is -0.337. The lowest BCUT2D eigenvalue weighted by Gasteiger charge is -2.40. The van der Waals surface area contributed by atoms with E-state index in [1.54, 1.807) is 19.2 Å². The van der Waals surface area contributed by atoms with Crippen LogP contribution in [0.5, 0.6) is 5.75 Å². The summed E-state index contributed by atoms with van der Waals surface area (Å²) in [6.07, 6.45) is 0.572. The van der Waals surface area contributed by atoms with E-state index in [0.717, 1.165) is 6.42 Å². The Morgan fingerprint density at radius 3 is 2.81 bits per heavy atom. The molecule has 1 fully saturated rings. The molecule has 0 aromatic heterocycles. The van der Waals surface area contributed by atoms with Gasteiger partial charge in [0.2, 0.25) is 0 Å². The minimum absolute atomic E-state index is 0.0596. The molecule has 5 heteroatoms. The van der Waals surface area contributed by atoms with Gasteiger partial charge in [0, 0.05) is 18.4 Å². The van der Waals surface area contributed by atoms with Crippen LogP contribution in [-0.4, -0.2) is 24.1 Å². The van der Waals surface area contributed by atoms with Gasteiger partial charge < -0.3 is 9.47 Å². The molecule has 0 spiro atoms. The normalized spacial score (nSPS) is 28.6. The van der Waals surface area contributed by atoms with Gasteiger partial charge in [-0.3, -0.25) is 0 Å². The van der Waals surface area contributed by atoms with Crippen LogP contribution < -0.4 is 4.74 Å². The second-order valence-corrected chi connectivity index (χ2v) is 5.24. The minimum Gasteiger partial charge on any atom is -0.483 e. The molecule has 1 aliphatic carbocycles. The maximum Gasteiger partial charge on any atom is 0.174 e. The van der Waals surface area contributed by atoms with Crippen molar-refractivity contribution in [1.29, 1.82) is 0 Å². The van der Waals surface area contributed by atoms with Gasteiger partial charge in [-0.15, -0.1) is 0 Å². The highest BCUT2D eigenvalue weighted by atomic mass is 79.9. The molecule has 0 N–H and O–H groups in total. The van der Waals surface area contributed by atoms with Crippen molar-refractivity contribution < 1.29 is 13.9 Å². The van der Waals surface area contributed by atoms with Crippen LogP contribution in [0.3, 0.4) is 0 Å². The first kappa shape index (κ1) is 12.1. The number of hydrogen-bond acceptors (Lipinski definition) is 2. The third-order valence-electron chi connectivity index (χ3n) is 2.64. The van der Waals surface area contributed by atoms with Crippen LogP contribution in [-0.2, 0) is 4.74 Å². The van der Waals surface area contributed by atoms with E-state index in [9.17, 15) is 4.39 Å². The Morgan fingerprint density at radius 2 is 2.25 bits per heavy atom. The predicted octanol–water partition coefficient (Wildman–Crippen LogP) is 3.41. The lowest BCUT2D eigenvalue weighted by molar-refractivity contribution is -0.0557. The van der Waals surface area contributed by atoms with Gasteiger partial charge in [0.15, 0.2) is 11.6 Å². The van der Waals surface area contributed by atoms with Crippen LogP contribution in [0.2, 0.25) is 5.02 Å². The summed E-state index contributed by atoms with van der Waals surface area (Å²) in [6.45, 7) is 0. The highest BCUT2D eigenvalue weighted by molar-refractivity contribution is 9.09. The zero-order valence-electron chi connectivity index (χ0n) is 8.62. The van der Waals surface area contributed by atoms with Crippen LogP contribution >= 0.6 is 27.5 Å². The van der Waals surface area contributed by atoms with E-state index in [-0.39, 0.29) is 27.8 Å². The average Bonchev–Trinajstić information content (AvgIpc) is 2.22. The summed E-state index contributed by atoms with van der Waals surface area (Å²) < 4.78 is 24.2. The third kappa shape index (κ3) is 2.19. The fourth-order valence-corrected chi connectivity index (χ4v) is 2.82. The summed E-state index contributed by atoms with van der Waals surface area (Å²) in [7, 11) is 1.61. The molecule has 0 heterocycles. The molecule has 2 nitrogen and oxygen atoms in total. The van der Waals surface area contributed by atoms with Crippen LogP contribution in [0.25, 0.3) is 0 Å². The summed E-state index contributed by atoms with van der Waals surface area (Å²) in [5, 5.41) is 0.285. The Labute approximate surface area is 107 Å². The molecule has 0 bridgehead atoms. The van der Waals surface area contributed by atoms with E-state index in [2.05, 4.69) is 15.9 Å². The topological polar surface area (TPSA) is 18.5 Å². The SMILES string of the molecule is COC1C(Br)CC1Oc1c(F)cccc1Cl. The maximum atomic E-state index is 13.4. The van der Waals surface area contributed by atoms with Crippen molar-refractivity contribution in [3.05, 3.63) is 29.0 Å². The molecule has 1 aromatic carbocycles. The largest absolute Gasteiger partial charge is 0.483 e. The third-order valence-corrected chi connectivity index (χ3v) is 3.83. The zero-order chi connectivity index (χ0) is 11.7. The molecular formula is C11H11BrClFO2. The first-order valence-electron chi connectivity index (χ1n) is 4.91. The van der Waals surface area contributed by atoms with E-state index in [0.29, 0.717) is 0 Å². The molecule has 3 unspecified atom stereocenters. The second-order valence-electron chi connectivity index (χ2n) is 3.66. The maximum absolute atomic E-state index is 13.4. The Bertz CT molecular complexity index is 368. The van der Waals surface area contributed by atoms with Crippen molar-refractivity contribution in [2.24, 2.45) is 0 Å². The van der Waals surface area contributed by atoms with E-state index >= 15 is 0 Å². The summed E-state index contributed by atoms with van der Waals surface area (Å²) in [4.78, 5) is 0.257. The fourth-order valence-electron chi connectivity index (χ4n) is 1.69. The zero-order valence-corrected chi connectivity index (χ0v) is 11.0. The monoisotopic (exact) mass is 308 g/mol. The predicted molar refractivity (Wildman–Crippen MR) is 64.0 cm³/mol. The van der Waals surface area contributed by atoms with Gasteiger partial charge >= 0.3 is 0 Å². The van der Waals surface area contributed by atoms with Gasteiger partial charge in [0.05, 0.1) is 5.02 Å². The molecule has 1 saturated carbocycles. The summed E-state index contributed by atoms with van der Waals surface area (Å²) in [6, 6.07) is 4.48. The van der Waals surface area contributed by atoms with Crippen molar-refractivity contribution >= 4 is 27.5 Å². The lowest BCUT2D eigenvalue weighted by Crippen LogP contribution is -2.52. The van der Waals surface area contributed by atoms with Crippen molar-refractivity contribution in [2.75, 3.05) is 7.11 Å². The first-order chi connectivity index (χ1) is 7.63. The van der Waals surface area contributed by atoms with Gasteiger partial charge in [-0.25, -0.2) is 4.39 Å². The Balaban J connectivity index is 2.10. The molecule has 2 rings (SSSR count). The number of halogens is 3. The minimum atomic E-state index is -0.444. The fraction of sp³-hybridized carbons (Fsp3) is 0.455. The van der Waals surface area contributed by atoms with Crippen molar-refractivity contribution in [3.63, 3.8) is 0 Å². The van der Waals surface area contributed by atoms with Gasteiger partial charge in [-0.2, -0.15) is 0 Å². The van der Waals surface area contributed by atoms with E-state index in [1.165, 1.54) is 6.07 Å². The van der Waals surface area contributed by atoms with Crippen LogP contribution in [0, 0.1) is 5.82 Å². The van der Waals surface area contributed by atoms with Gasteiger partial charge in [-0.1, -0.05) is 33.6 Å². The quantitative estimate of drug-likeness (QED) is 0.797. The van der Waals surface area contributed by atoms with Crippen LogP contribution in [0.1, 0.15) is 6.42 Å². The highest BCUT2D eigenvalue weighted by Crippen LogP contribution is 2.36. The van der Waals surface area contributed by atoms with E-state index < -0.39 is 5.82 Å². The Morgan fingerprint density at radius 1 is 1.50 bits per heavy atom. The first-order valence-corrected chi connectivity index (χ1v) is 6.20. The Hall–Kier alpha value is -0.320. The average molecular weight is 310 g/mol. The number of para-hydroxylation sites is 1. The van der Waals surface area contributed by atoms with Crippen molar-refractivity contribution in [1.82, 2.24) is 0 Å². The van der Waals surface area contributed by atoms with E-state index in [1.807, 2.05) is 0 Å². The number of alkyl halides is 1. The number of rotatable bonds is 3. The number of ether oxygens (including phenoxy) is 2. The molecule has 88 valence electrons. The molecule has 16 heavy (non-hydrogen) atoms. The molecule has 0 radical (unpaired) electrons. The molecule has 1 aromatic rings. The molecule has 1 aliphatic rings. The lowest BCUT2D eigenvalue weighted by atomic mass is 9.91. The summed E-state index contributed by atoms with van der Waals surface area (Å²) in [5.41, 5.74) is 0. The van der Waals surface area contributed by atoms with Crippen molar-refractivity contribution in [2.45, 2.75) is 23.5 Å². The van der Waals surface area contributed by atoms with Crippen LogP contribution in [0.15, 0.2) is 18.2 Å². The second kappa shape index (κ2) is 4.90. The van der Waals surface area contributed by atoms with Crippen LogP contribution in [0.4, 0.5) is 4.39 Å². The van der Waals surface area contributed by atoms with Crippen molar-refractivity contribution in [3.8, 4) is 5.75 Å². The highest BCUT2D eigenvalue weighted by Gasteiger charge is 2.42. The molecule has 0 saturated heterocycles. The van der Waals surface area contributed by atoms with E-state index in [4.69, 9.17) is 21.1 Å². The van der Waals surface area contributed by atoms with Gasteiger partial charge in [0.25, 0.3) is 0 Å². The van der Waals surface area contributed by atoms with Gasteiger partial charge in [0.1, 0.15) is 12.2 Å². The number of hydrogen-bond donors (Lipinski definition) is 0. The Kier molecular flexibility index (Phi) is 3.72. The molecule has 0 aliphatic heterocycles.